The van der Waals surface area contributed by atoms with Crippen LogP contribution in [0.1, 0.15) is 95.4 Å². The zero-order valence-electron chi connectivity index (χ0n) is 49.8. The zero-order chi connectivity index (χ0) is 65.3. The van der Waals surface area contributed by atoms with Crippen molar-refractivity contribution in [3.05, 3.63) is 84.1 Å². The monoisotopic (exact) mass is 1240 g/mol. The predicted octanol–water partition coefficient (Wildman–Crippen LogP) is -2.71. The molecule has 484 valence electrons. The number of aliphatic imine (C=N–C) groups is 1. The molecule has 0 unspecified atom stereocenters. The van der Waals surface area contributed by atoms with Gasteiger partial charge >= 0.3 is 11.9 Å². The van der Waals surface area contributed by atoms with Crippen LogP contribution in [0.4, 0.5) is 0 Å². The number of carboxylic acids is 2. The topological polar surface area (TPSA) is 503 Å². The fourth-order valence-corrected chi connectivity index (χ4v) is 9.94. The first-order chi connectivity index (χ1) is 42.4. The second-order valence-corrected chi connectivity index (χ2v) is 22.0. The van der Waals surface area contributed by atoms with Crippen molar-refractivity contribution in [3.63, 3.8) is 0 Å². The third-order valence-electron chi connectivity index (χ3n) is 14.5. The lowest BCUT2D eigenvalue weighted by atomic mass is 10.0. The van der Waals surface area contributed by atoms with E-state index < -0.39 is 139 Å². The number of carbonyl (C=O) groups is 11. The summed E-state index contributed by atoms with van der Waals surface area (Å²) in [6.45, 7) is 4.78. The number of guanidine groups is 1. The fraction of sp³-hybridized carbons (Fsp3) is 0.500. The minimum absolute atomic E-state index is 0.0151. The Morgan fingerprint density at radius 2 is 1.25 bits per heavy atom. The van der Waals surface area contributed by atoms with Crippen LogP contribution >= 0.6 is 0 Å². The van der Waals surface area contributed by atoms with Crippen molar-refractivity contribution in [1.29, 1.82) is 0 Å². The number of rotatable bonds is 36. The first-order valence-corrected chi connectivity index (χ1v) is 29.2. The van der Waals surface area contributed by atoms with Gasteiger partial charge in [-0.3, -0.25) is 57.7 Å². The van der Waals surface area contributed by atoms with Crippen molar-refractivity contribution in [1.82, 2.24) is 62.4 Å². The average Bonchev–Trinajstić information content (AvgIpc) is 3.52. The van der Waals surface area contributed by atoms with Crippen LogP contribution < -0.4 is 59.7 Å². The number of nitrogens with zero attached hydrogens (tertiary/aromatic N) is 3. The highest BCUT2D eigenvalue weighted by Crippen LogP contribution is 2.22. The van der Waals surface area contributed by atoms with Gasteiger partial charge in [0.25, 0.3) is 0 Å². The molecule has 0 saturated carbocycles. The average molecular weight is 1240 g/mol. The molecular weight excluding hydrogens is 1160 g/mol. The number of aromatic nitrogens is 3. The first kappa shape index (κ1) is 70.1. The van der Waals surface area contributed by atoms with Crippen LogP contribution in [0.2, 0.25) is 0 Å². The second-order valence-electron chi connectivity index (χ2n) is 22.0. The highest BCUT2D eigenvalue weighted by molar-refractivity contribution is 5.99. The molecule has 89 heavy (non-hydrogen) atoms. The Hall–Kier alpha value is -9.65. The quantitative estimate of drug-likeness (QED) is 0.0125. The number of aromatic hydroxyl groups is 1. The standard InChI is InChI=1S/C58H82N16O15/c1-4-63-56(88)46-12-8-22-74(46)57(89)40(11-7-21-64-58(60)61)68-51(83)41(23-31(2)3)70-50(82)39(18-20-48(79)80)67-52(84)42(24-32-13-15-35(76)16-14-32)71-55(87)45(29-75)73-53(85)43(25-33-27-65-38-10-6-5-9-36(33)38)72-54(86)44(26-34-28-62-30-66-34)69-49(81)37(59)17-19-47(77)78/h5-6,9-10,13-16,27-28,30-31,37,39-46,65,75-76H,4,7-8,11-12,17-26,29,59H2,1-3H3,(H,62,66)(H,63,88)(H,67,84)(H,68,83)(H,69,81)(H,70,82)(H,71,87)(H,72,86)(H,73,85)(H,77,78)(H,79,80)(H4,60,61,64)/t37-,39+,40-,41-,42-,43-,44-,45-,46-/m0/s1. The van der Waals surface area contributed by atoms with Crippen LogP contribution in [0.3, 0.4) is 0 Å². The third kappa shape index (κ3) is 22.2. The molecule has 0 radical (unpaired) electrons. The van der Waals surface area contributed by atoms with Crippen LogP contribution in [0.15, 0.2) is 72.2 Å². The van der Waals surface area contributed by atoms with Crippen molar-refractivity contribution in [2.24, 2.45) is 28.1 Å². The third-order valence-corrected chi connectivity index (χ3v) is 14.5. The first-order valence-electron chi connectivity index (χ1n) is 29.2. The van der Waals surface area contributed by atoms with Gasteiger partial charge in [0.05, 0.1) is 19.0 Å². The number of likely N-dealkylation sites (tertiary alicyclic amines) is 1. The smallest absolute Gasteiger partial charge is 0.303 e. The Balaban J connectivity index is 1.41. The van der Waals surface area contributed by atoms with E-state index in [1.54, 1.807) is 51.2 Å². The van der Waals surface area contributed by atoms with E-state index in [-0.39, 0.29) is 81.6 Å². The van der Waals surface area contributed by atoms with Gasteiger partial charge in [0.1, 0.15) is 54.1 Å². The van der Waals surface area contributed by atoms with Gasteiger partial charge in [0.2, 0.25) is 53.2 Å². The molecule has 1 fully saturated rings. The molecule has 2 aromatic heterocycles. The maximum absolute atomic E-state index is 14.6. The number of hydrogen-bond acceptors (Lipinski definition) is 16. The van der Waals surface area contributed by atoms with Gasteiger partial charge in [-0.2, -0.15) is 0 Å². The fourth-order valence-electron chi connectivity index (χ4n) is 9.94. The van der Waals surface area contributed by atoms with E-state index >= 15 is 0 Å². The summed E-state index contributed by atoms with van der Waals surface area (Å²) in [5.41, 5.74) is 18.9. The Labute approximate surface area is 512 Å². The number of fused-ring (bicyclic) bond motifs is 1. The minimum atomic E-state index is -1.86. The molecule has 0 bridgehead atoms. The summed E-state index contributed by atoms with van der Waals surface area (Å²) in [4.78, 5) is 166. The summed E-state index contributed by atoms with van der Waals surface area (Å²) in [7, 11) is 0. The molecule has 31 heteroatoms. The number of aromatic amines is 2. The van der Waals surface area contributed by atoms with Crippen LogP contribution in [0.5, 0.6) is 5.75 Å². The number of likely N-dealkylation sites (N-methyl/N-ethyl adjacent to an activating group) is 1. The molecule has 1 aliphatic heterocycles. The summed E-state index contributed by atoms with van der Waals surface area (Å²) < 4.78 is 0. The van der Waals surface area contributed by atoms with Gasteiger partial charge < -0.3 is 95.0 Å². The van der Waals surface area contributed by atoms with Crippen molar-refractivity contribution < 1.29 is 73.2 Å². The molecule has 0 aliphatic carbocycles. The van der Waals surface area contributed by atoms with E-state index in [1.807, 2.05) is 0 Å². The van der Waals surface area contributed by atoms with Crippen molar-refractivity contribution in [2.45, 2.75) is 152 Å². The lowest BCUT2D eigenvalue weighted by Gasteiger charge is -2.30. The molecule has 1 saturated heterocycles. The van der Waals surface area contributed by atoms with Crippen molar-refractivity contribution in [3.8, 4) is 5.75 Å². The number of imidazole rings is 1. The van der Waals surface area contributed by atoms with Crippen LogP contribution in [0, 0.1) is 5.92 Å². The Kier molecular flexibility index (Phi) is 27.3. The van der Waals surface area contributed by atoms with E-state index in [9.17, 15) is 73.2 Å². The summed E-state index contributed by atoms with van der Waals surface area (Å²) in [5, 5.41) is 61.1. The Morgan fingerprint density at radius 1 is 0.685 bits per heavy atom. The number of benzene rings is 2. The van der Waals surface area contributed by atoms with Gasteiger partial charge in [-0.25, -0.2) is 4.98 Å². The molecule has 5 rings (SSSR count). The number of para-hydroxylation sites is 1. The summed E-state index contributed by atoms with van der Waals surface area (Å²) in [5.74, 6) is -11.1. The number of nitrogens with two attached hydrogens (primary N) is 3. The number of nitrogens with one attached hydrogen (secondary N) is 10. The molecule has 9 amide bonds. The number of H-pyrrole nitrogens is 2. The molecule has 20 N–H and O–H groups in total. The number of carbonyl (C=O) groups excluding carboxylic acids is 9. The van der Waals surface area contributed by atoms with Crippen molar-refractivity contribution >= 4 is 82.0 Å². The minimum Gasteiger partial charge on any atom is -0.508 e. The molecule has 31 nitrogen and oxygen atoms in total. The number of aliphatic carboxylic acids is 2. The Morgan fingerprint density at radius 3 is 1.87 bits per heavy atom. The van der Waals surface area contributed by atoms with Crippen molar-refractivity contribution in [2.75, 3.05) is 26.2 Å². The number of aliphatic hydroxyl groups is 1. The number of phenolic OH excluding ortho intramolecular Hbond substituents is 1. The lowest BCUT2D eigenvalue weighted by Crippen LogP contribution is -2.61. The van der Waals surface area contributed by atoms with Gasteiger partial charge in [-0.1, -0.05) is 44.2 Å². The predicted molar refractivity (Wildman–Crippen MR) is 321 cm³/mol. The molecule has 4 aromatic rings. The van der Waals surface area contributed by atoms with E-state index in [2.05, 4.69) is 62.5 Å². The zero-order valence-corrected chi connectivity index (χ0v) is 49.8. The molecule has 1 aliphatic rings. The lowest BCUT2D eigenvalue weighted by molar-refractivity contribution is -0.142. The molecule has 9 atom stereocenters. The SMILES string of the molecule is CCNC(=O)[C@@H]1CCCN1C(=O)[C@H](CCCN=C(N)N)NC(=O)[C@H](CC(C)C)NC(=O)[C@@H](CCC(=O)O)NC(=O)[C@H](Cc1ccc(O)cc1)NC(=O)[C@H](CO)NC(=O)[C@H](Cc1c[nH]c2ccccc12)NC(=O)[C@H](Cc1cnc[nH]1)NC(=O)[C@@H](N)CCC(=O)O. The number of hydrogen-bond donors (Lipinski definition) is 17. The van der Waals surface area contributed by atoms with Gasteiger partial charge in [0.15, 0.2) is 5.96 Å². The second kappa shape index (κ2) is 34.6. The normalized spacial score (nSPS) is 15.6. The van der Waals surface area contributed by atoms with Crippen LogP contribution in [-0.2, 0) is 72.0 Å². The van der Waals surface area contributed by atoms with E-state index in [4.69, 9.17) is 17.2 Å². The van der Waals surface area contributed by atoms with Gasteiger partial charge in [-0.15, -0.1) is 0 Å². The number of carboxylic acid groups (broad SMARTS) is 2. The number of amides is 9. The molecule has 0 spiro atoms. The Bertz CT molecular complexity index is 3110. The summed E-state index contributed by atoms with van der Waals surface area (Å²) in [6.07, 6.45) is 2.63. The van der Waals surface area contributed by atoms with Crippen LogP contribution in [0.25, 0.3) is 10.9 Å². The van der Waals surface area contributed by atoms with E-state index in [0.717, 1.165) is 0 Å². The van der Waals surface area contributed by atoms with Gasteiger partial charge in [-0.05, 0) is 87.1 Å². The summed E-state index contributed by atoms with van der Waals surface area (Å²) >= 11 is 0. The largest absolute Gasteiger partial charge is 0.508 e. The molecular formula is C58H82N16O15. The number of phenols is 1. The maximum Gasteiger partial charge on any atom is 0.303 e. The van der Waals surface area contributed by atoms with E-state index in [1.165, 1.54) is 41.7 Å². The summed E-state index contributed by atoms with van der Waals surface area (Å²) in [6, 6.07) is -0.563. The number of aliphatic hydroxyl groups excluding tert-OH is 1. The maximum atomic E-state index is 14.6. The highest BCUT2D eigenvalue weighted by atomic mass is 16.4. The van der Waals surface area contributed by atoms with Gasteiger partial charge in [0, 0.05) is 80.7 Å². The van der Waals surface area contributed by atoms with Crippen LogP contribution in [-0.4, -0.2) is 192 Å². The molecule has 3 heterocycles. The molecule has 2 aromatic carbocycles. The van der Waals surface area contributed by atoms with E-state index in [0.29, 0.717) is 47.1 Å². The highest BCUT2D eigenvalue weighted by Gasteiger charge is 2.40.